The zero-order chi connectivity index (χ0) is 7.23. The zero-order valence-corrected chi connectivity index (χ0v) is 7.45. The summed E-state index contributed by atoms with van der Waals surface area (Å²) in [5, 5.41) is 0.812. The van der Waals surface area contributed by atoms with E-state index >= 15 is 0 Å². The summed E-state index contributed by atoms with van der Waals surface area (Å²) in [5.41, 5.74) is 0. The lowest BCUT2D eigenvalue weighted by Gasteiger charge is -2.04. The summed E-state index contributed by atoms with van der Waals surface area (Å²) in [6.45, 7) is 4.23. The Bertz CT molecular complexity index is 79.3. The highest BCUT2D eigenvalue weighted by Gasteiger charge is 2.14. The monoisotopic (exact) mass is 160 g/mol. The second-order valence-electron chi connectivity index (χ2n) is 2.71. The van der Waals surface area contributed by atoms with Gasteiger partial charge in [-0.3, -0.25) is 0 Å². The molecule has 0 radical (unpaired) electrons. The van der Waals surface area contributed by atoms with E-state index in [1.165, 1.54) is 25.0 Å². The van der Waals surface area contributed by atoms with Gasteiger partial charge in [-0.2, -0.15) is 11.8 Å². The predicted molar refractivity (Wildman–Crippen MR) is 46.6 cm³/mol. The molecule has 60 valence electrons. The molecule has 1 aliphatic rings. The smallest absolute Gasteiger partial charge is 0.0585 e. The van der Waals surface area contributed by atoms with Gasteiger partial charge in [-0.1, -0.05) is 13.3 Å². The molecule has 1 nitrogen and oxygen atoms in total. The minimum atomic E-state index is 0.812. The van der Waals surface area contributed by atoms with Crippen molar-refractivity contribution >= 4 is 11.8 Å². The molecule has 1 atom stereocenters. The fourth-order valence-electron chi connectivity index (χ4n) is 1.04. The first-order valence-corrected chi connectivity index (χ1v) is 5.17. The maximum atomic E-state index is 5.27. The summed E-state index contributed by atoms with van der Waals surface area (Å²) < 4.78 is 5.27. The summed E-state index contributed by atoms with van der Waals surface area (Å²) in [5.74, 6) is 1.32. The molecule has 1 saturated heterocycles. The van der Waals surface area contributed by atoms with Crippen molar-refractivity contribution in [3.8, 4) is 0 Å². The predicted octanol–water partition coefficient (Wildman–Crippen LogP) is 2.31. The van der Waals surface area contributed by atoms with Gasteiger partial charge >= 0.3 is 0 Å². The van der Waals surface area contributed by atoms with Crippen LogP contribution in [-0.4, -0.2) is 24.2 Å². The normalized spacial score (nSPS) is 25.5. The highest BCUT2D eigenvalue weighted by Crippen LogP contribution is 2.20. The zero-order valence-electron chi connectivity index (χ0n) is 6.64. The molecule has 1 aliphatic heterocycles. The van der Waals surface area contributed by atoms with Crippen LogP contribution in [-0.2, 0) is 4.74 Å². The van der Waals surface area contributed by atoms with Crippen LogP contribution >= 0.6 is 11.8 Å². The molecule has 0 aromatic carbocycles. The Morgan fingerprint density at radius 3 is 3.10 bits per heavy atom. The number of ether oxygens (including phenoxy) is 1. The van der Waals surface area contributed by atoms with Gasteiger partial charge in [0, 0.05) is 11.9 Å². The van der Waals surface area contributed by atoms with Crippen LogP contribution < -0.4 is 0 Å². The van der Waals surface area contributed by atoms with E-state index in [2.05, 4.69) is 18.7 Å². The van der Waals surface area contributed by atoms with Crippen LogP contribution in [0.1, 0.15) is 26.2 Å². The molecule has 1 fully saturated rings. The molecule has 0 N–H and O–H groups in total. The SMILES string of the molecule is CCCCSC1CCOC1. The van der Waals surface area contributed by atoms with E-state index in [-0.39, 0.29) is 0 Å². The Labute approximate surface area is 67.5 Å². The minimum absolute atomic E-state index is 0.812. The molecule has 0 amide bonds. The van der Waals surface area contributed by atoms with E-state index in [1.54, 1.807) is 0 Å². The number of unbranched alkanes of at least 4 members (excludes halogenated alkanes) is 1. The number of rotatable bonds is 4. The van der Waals surface area contributed by atoms with Crippen molar-refractivity contribution in [1.82, 2.24) is 0 Å². The maximum Gasteiger partial charge on any atom is 0.0585 e. The Hall–Kier alpha value is 0.310. The van der Waals surface area contributed by atoms with E-state index in [0.29, 0.717) is 0 Å². The fourth-order valence-corrected chi connectivity index (χ4v) is 2.28. The molecule has 10 heavy (non-hydrogen) atoms. The van der Waals surface area contributed by atoms with Crippen LogP contribution in [0.5, 0.6) is 0 Å². The van der Waals surface area contributed by atoms with Gasteiger partial charge in [-0.15, -0.1) is 0 Å². The van der Waals surface area contributed by atoms with E-state index < -0.39 is 0 Å². The second-order valence-corrected chi connectivity index (χ2v) is 4.12. The lowest BCUT2D eigenvalue weighted by Crippen LogP contribution is -2.01. The Kier molecular flexibility index (Phi) is 4.23. The Morgan fingerprint density at radius 1 is 1.60 bits per heavy atom. The molecule has 1 heterocycles. The van der Waals surface area contributed by atoms with E-state index in [4.69, 9.17) is 4.74 Å². The van der Waals surface area contributed by atoms with Crippen LogP contribution in [0.3, 0.4) is 0 Å². The first-order chi connectivity index (χ1) is 4.93. The highest BCUT2D eigenvalue weighted by molar-refractivity contribution is 7.99. The summed E-state index contributed by atoms with van der Waals surface area (Å²) in [6.07, 6.45) is 3.95. The van der Waals surface area contributed by atoms with Crippen molar-refractivity contribution in [3.63, 3.8) is 0 Å². The topological polar surface area (TPSA) is 9.23 Å². The molecule has 0 aromatic heterocycles. The maximum absolute atomic E-state index is 5.27. The second kappa shape index (κ2) is 5.03. The van der Waals surface area contributed by atoms with Crippen LogP contribution in [0.2, 0.25) is 0 Å². The van der Waals surface area contributed by atoms with Gasteiger partial charge in [0.2, 0.25) is 0 Å². The molecule has 2 heteroatoms. The van der Waals surface area contributed by atoms with Gasteiger partial charge in [0.1, 0.15) is 0 Å². The van der Waals surface area contributed by atoms with E-state index in [0.717, 1.165) is 18.5 Å². The molecule has 0 aliphatic carbocycles. The molecule has 1 unspecified atom stereocenters. The summed E-state index contributed by atoms with van der Waals surface area (Å²) in [6, 6.07) is 0. The van der Waals surface area contributed by atoms with Crippen LogP contribution in [0.15, 0.2) is 0 Å². The van der Waals surface area contributed by atoms with Crippen molar-refractivity contribution in [3.05, 3.63) is 0 Å². The van der Waals surface area contributed by atoms with Crippen molar-refractivity contribution in [2.75, 3.05) is 19.0 Å². The number of hydrogen-bond donors (Lipinski definition) is 0. The van der Waals surface area contributed by atoms with Crippen molar-refractivity contribution in [1.29, 1.82) is 0 Å². The summed E-state index contributed by atoms with van der Waals surface area (Å²) in [7, 11) is 0. The standard InChI is InChI=1S/C8H16OS/c1-2-3-6-10-8-4-5-9-7-8/h8H,2-7H2,1H3. The van der Waals surface area contributed by atoms with Crippen molar-refractivity contribution in [2.24, 2.45) is 0 Å². The van der Waals surface area contributed by atoms with Crippen LogP contribution in [0.4, 0.5) is 0 Å². The molecule has 0 bridgehead atoms. The molecule has 0 aromatic rings. The average molecular weight is 160 g/mol. The van der Waals surface area contributed by atoms with Gasteiger partial charge in [0.15, 0.2) is 0 Å². The van der Waals surface area contributed by atoms with Crippen molar-refractivity contribution in [2.45, 2.75) is 31.4 Å². The van der Waals surface area contributed by atoms with E-state index in [1.807, 2.05) is 0 Å². The van der Waals surface area contributed by atoms with Gasteiger partial charge in [0.25, 0.3) is 0 Å². The van der Waals surface area contributed by atoms with Crippen LogP contribution in [0.25, 0.3) is 0 Å². The summed E-state index contributed by atoms with van der Waals surface area (Å²) in [4.78, 5) is 0. The first kappa shape index (κ1) is 8.41. The molecule has 0 spiro atoms. The number of hydrogen-bond acceptors (Lipinski definition) is 2. The van der Waals surface area contributed by atoms with Gasteiger partial charge in [-0.05, 0) is 18.6 Å². The van der Waals surface area contributed by atoms with Gasteiger partial charge in [-0.25, -0.2) is 0 Å². The Balaban J connectivity index is 1.91. The third-order valence-electron chi connectivity index (χ3n) is 1.74. The quantitative estimate of drug-likeness (QED) is 0.584. The summed E-state index contributed by atoms with van der Waals surface area (Å²) >= 11 is 2.08. The molecule has 0 saturated carbocycles. The third kappa shape index (κ3) is 2.93. The van der Waals surface area contributed by atoms with E-state index in [9.17, 15) is 0 Å². The van der Waals surface area contributed by atoms with Crippen molar-refractivity contribution < 1.29 is 4.74 Å². The van der Waals surface area contributed by atoms with Gasteiger partial charge < -0.3 is 4.74 Å². The van der Waals surface area contributed by atoms with Crippen LogP contribution in [0, 0.1) is 0 Å². The Morgan fingerprint density at radius 2 is 2.50 bits per heavy atom. The minimum Gasteiger partial charge on any atom is -0.380 e. The number of thioether (sulfide) groups is 1. The fraction of sp³-hybridized carbons (Fsp3) is 1.00. The molecule has 1 rings (SSSR count). The lowest BCUT2D eigenvalue weighted by molar-refractivity contribution is 0.199. The average Bonchev–Trinajstić information content (AvgIpc) is 2.41. The first-order valence-electron chi connectivity index (χ1n) is 4.13. The molecular formula is C8H16OS. The highest BCUT2D eigenvalue weighted by atomic mass is 32.2. The largest absolute Gasteiger partial charge is 0.380 e. The third-order valence-corrected chi connectivity index (χ3v) is 3.11. The molecular weight excluding hydrogens is 144 g/mol. The van der Waals surface area contributed by atoms with Gasteiger partial charge in [0.05, 0.1) is 6.61 Å². The lowest BCUT2D eigenvalue weighted by atomic mass is 10.4.